The molecule has 2 aromatic rings. The Morgan fingerprint density at radius 1 is 1.58 bits per heavy atom. The van der Waals surface area contributed by atoms with Crippen molar-refractivity contribution in [3.05, 3.63) is 24.2 Å². The molecule has 2 rings (SSSR count). The van der Waals surface area contributed by atoms with Gasteiger partial charge in [-0.25, -0.2) is 4.79 Å². The lowest BCUT2D eigenvalue weighted by Gasteiger charge is -1.92. The lowest BCUT2D eigenvalue weighted by atomic mass is 10.2. The van der Waals surface area contributed by atoms with Gasteiger partial charge in [-0.15, -0.1) is 5.10 Å². The molecule has 2 N–H and O–H groups in total. The van der Waals surface area contributed by atoms with Crippen LogP contribution in [0, 0.1) is 0 Å². The van der Waals surface area contributed by atoms with Gasteiger partial charge < -0.3 is 10.1 Å². The van der Waals surface area contributed by atoms with Gasteiger partial charge in [0.2, 0.25) is 0 Å². The van der Waals surface area contributed by atoms with E-state index in [0.717, 1.165) is 0 Å². The second kappa shape index (κ2) is 2.30. The number of nitrogens with one attached hydrogen (secondary N) is 1. The average Bonchev–Trinajstić information content (AvgIpc) is 2.49. The number of aromatic amines is 1. The van der Waals surface area contributed by atoms with Crippen molar-refractivity contribution in [1.29, 1.82) is 0 Å². The van der Waals surface area contributed by atoms with Gasteiger partial charge in [-0.3, -0.25) is 0 Å². The van der Waals surface area contributed by atoms with Crippen molar-refractivity contribution in [2.45, 2.75) is 0 Å². The molecular weight excluding hydrogens is 158 g/mol. The number of rotatable bonds is 1. The van der Waals surface area contributed by atoms with E-state index in [2.05, 4.69) is 15.2 Å². The Morgan fingerprint density at radius 2 is 2.42 bits per heavy atom. The minimum Gasteiger partial charge on any atom is -0.476 e. The van der Waals surface area contributed by atoms with E-state index in [1.54, 1.807) is 12.3 Å². The molecule has 0 bridgehead atoms. The topological polar surface area (TPSA) is 78.9 Å². The Bertz CT molecular complexity index is 435. The molecule has 0 spiro atoms. The lowest BCUT2D eigenvalue weighted by molar-refractivity contribution is 0.0691. The van der Waals surface area contributed by atoms with Gasteiger partial charge in [-0.1, -0.05) is 0 Å². The fourth-order valence-corrected chi connectivity index (χ4v) is 1.05. The zero-order chi connectivity index (χ0) is 8.55. The van der Waals surface area contributed by atoms with E-state index in [1.165, 1.54) is 6.20 Å². The maximum atomic E-state index is 10.6. The fraction of sp³-hybridized carbons (Fsp3) is 0. The number of aromatic carboxylic acids is 1. The number of carboxylic acid groups (broad SMARTS) is 1. The van der Waals surface area contributed by atoms with Crippen LogP contribution in [0.3, 0.4) is 0 Å². The van der Waals surface area contributed by atoms with Gasteiger partial charge in [0.1, 0.15) is 0 Å². The van der Waals surface area contributed by atoms with Gasteiger partial charge >= 0.3 is 5.97 Å². The highest BCUT2D eigenvalue weighted by Gasteiger charge is 2.10. The first-order valence-corrected chi connectivity index (χ1v) is 3.31. The van der Waals surface area contributed by atoms with Crippen molar-refractivity contribution in [2.24, 2.45) is 0 Å². The highest BCUT2D eigenvalue weighted by Crippen LogP contribution is 2.12. The first-order chi connectivity index (χ1) is 5.79. The first kappa shape index (κ1) is 6.78. The van der Waals surface area contributed by atoms with Gasteiger partial charge in [0, 0.05) is 11.6 Å². The minimum absolute atomic E-state index is 0.0197. The number of aromatic nitrogens is 3. The molecule has 0 amide bonds. The van der Waals surface area contributed by atoms with E-state index in [0.29, 0.717) is 10.9 Å². The van der Waals surface area contributed by atoms with E-state index >= 15 is 0 Å². The summed E-state index contributed by atoms with van der Waals surface area (Å²) in [7, 11) is 0. The molecule has 2 heterocycles. The fourth-order valence-electron chi connectivity index (χ4n) is 1.05. The maximum Gasteiger partial charge on any atom is 0.357 e. The molecule has 0 aromatic carbocycles. The molecule has 0 saturated carbocycles. The zero-order valence-corrected chi connectivity index (χ0v) is 5.98. The van der Waals surface area contributed by atoms with Gasteiger partial charge in [-0.2, -0.15) is 5.10 Å². The summed E-state index contributed by atoms with van der Waals surface area (Å²) in [5, 5.41) is 16.3. The monoisotopic (exact) mass is 163 g/mol. The summed E-state index contributed by atoms with van der Waals surface area (Å²) in [6.07, 6.45) is 3.14. The Kier molecular flexibility index (Phi) is 1.30. The van der Waals surface area contributed by atoms with Gasteiger partial charge in [0.15, 0.2) is 5.69 Å². The highest BCUT2D eigenvalue weighted by atomic mass is 16.4. The number of hydrogen-bond donors (Lipinski definition) is 2. The summed E-state index contributed by atoms with van der Waals surface area (Å²) in [5.74, 6) is -1.06. The van der Waals surface area contributed by atoms with Crippen LogP contribution >= 0.6 is 0 Å². The predicted molar refractivity (Wildman–Crippen MR) is 40.8 cm³/mol. The van der Waals surface area contributed by atoms with Gasteiger partial charge in [-0.05, 0) is 6.07 Å². The first-order valence-electron chi connectivity index (χ1n) is 3.31. The van der Waals surface area contributed by atoms with Crippen LogP contribution in [0.25, 0.3) is 10.9 Å². The largest absolute Gasteiger partial charge is 0.476 e. The Morgan fingerprint density at radius 3 is 3.17 bits per heavy atom. The second-order valence-corrected chi connectivity index (χ2v) is 2.30. The highest BCUT2D eigenvalue weighted by molar-refractivity contribution is 6.00. The molecule has 5 nitrogen and oxygen atoms in total. The molecule has 2 aromatic heterocycles. The van der Waals surface area contributed by atoms with E-state index < -0.39 is 5.97 Å². The smallest absolute Gasteiger partial charge is 0.357 e. The molecule has 0 atom stereocenters. The number of H-pyrrole nitrogens is 1. The number of carbonyl (C=O) groups is 1. The summed E-state index contributed by atoms with van der Waals surface area (Å²) in [6, 6.07) is 1.66. The summed E-state index contributed by atoms with van der Waals surface area (Å²) in [4.78, 5) is 13.4. The molecule has 0 aliphatic heterocycles. The summed E-state index contributed by atoms with van der Waals surface area (Å²) in [5.41, 5.74) is 0.663. The number of fused-ring (bicyclic) bond motifs is 1. The molecule has 0 saturated heterocycles. The maximum absolute atomic E-state index is 10.6. The number of carboxylic acids is 1. The third-order valence-electron chi connectivity index (χ3n) is 1.58. The summed E-state index contributed by atoms with van der Waals surface area (Å²) < 4.78 is 0. The molecule has 60 valence electrons. The van der Waals surface area contributed by atoms with Crippen molar-refractivity contribution >= 4 is 16.9 Å². The van der Waals surface area contributed by atoms with Crippen LogP contribution in [0.4, 0.5) is 0 Å². The third kappa shape index (κ3) is 0.833. The standard InChI is InChI=1S/C7H5N3O2/c11-7(12)6-4-1-2-8-5(4)3-9-10-6/h1-3,8H,(H,11,12). The average molecular weight is 163 g/mol. The van der Waals surface area contributed by atoms with Gasteiger partial charge in [0.25, 0.3) is 0 Å². The van der Waals surface area contributed by atoms with Crippen LogP contribution in [0.2, 0.25) is 0 Å². The van der Waals surface area contributed by atoms with Gasteiger partial charge in [0.05, 0.1) is 11.7 Å². The van der Waals surface area contributed by atoms with E-state index in [4.69, 9.17) is 5.11 Å². The Balaban J connectivity index is 2.82. The van der Waals surface area contributed by atoms with Crippen LogP contribution in [0.1, 0.15) is 10.5 Å². The molecule has 0 aliphatic carbocycles. The van der Waals surface area contributed by atoms with E-state index in [-0.39, 0.29) is 5.69 Å². The van der Waals surface area contributed by atoms with Crippen molar-refractivity contribution in [3.63, 3.8) is 0 Å². The number of nitrogens with zero attached hydrogens (tertiary/aromatic N) is 2. The normalized spacial score (nSPS) is 10.3. The van der Waals surface area contributed by atoms with Crippen LogP contribution in [0.15, 0.2) is 18.5 Å². The van der Waals surface area contributed by atoms with Crippen molar-refractivity contribution in [2.75, 3.05) is 0 Å². The van der Waals surface area contributed by atoms with Crippen molar-refractivity contribution < 1.29 is 9.90 Å². The van der Waals surface area contributed by atoms with E-state index in [9.17, 15) is 4.79 Å². The molecule has 0 radical (unpaired) electrons. The molecule has 0 unspecified atom stereocenters. The van der Waals surface area contributed by atoms with Crippen molar-refractivity contribution in [1.82, 2.24) is 15.2 Å². The second-order valence-electron chi connectivity index (χ2n) is 2.30. The summed E-state index contributed by atoms with van der Waals surface area (Å²) in [6.45, 7) is 0. The van der Waals surface area contributed by atoms with Crippen LogP contribution in [-0.4, -0.2) is 26.3 Å². The lowest BCUT2D eigenvalue weighted by Crippen LogP contribution is -2.01. The van der Waals surface area contributed by atoms with E-state index in [1.807, 2.05) is 0 Å². The van der Waals surface area contributed by atoms with Crippen LogP contribution < -0.4 is 0 Å². The summed E-state index contributed by atoms with van der Waals surface area (Å²) >= 11 is 0. The Hall–Kier alpha value is -1.91. The third-order valence-corrected chi connectivity index (χ3v) is 1.58. The number of hydrogen-bond acceptors (Lipinski definition) is 3. The van der Waals surface area contributed by atoms with Crippen LogP contribution in [0.5, 0.6) is 0 Å². The molecule has 0 fully saturated rings. The molecular formula is C7H5N3O2. The molecule has 12 heavy (non-hydrogen) atoms. The SMILES string of the molecule is O=C(O)c1nncc2[nH]ccc12. The zero-order valence-electron chi connectivity index (χ0n) is 5.98. The van der Waals surface area contributed by atoms with Crippen LogP contribution in [-0.2, 0) is 0 Å². The Labute approximate surface area is 67.1 Å². The molecule has 0 aliphatic rings. The quantitative estimate of drug-likeness (QED) is 0.647. The minimum atomic E-state index is -1.06. The van der Waals surface area contributed by atoms with Crippen molar-refractivity contribution in [3.8, 4) is 0 Å². The molecule has 5 heteroatoms. The predicted octanol–water partition coefficient (Wildman–Crippen LogP) is 0.656.